The third-order valence-electron chi connectivity index (χ3n) is 3.49. The average molecular weight is 267 g/mol. The maximum Gasteiger partial charge on any atom is 0.148 e. The first kappa shape index (κ1) is 13.4. The van der Waals surface area contributed by atoms with Crippen LogP contribution in [-0.4, -0.2) is 27.5 Å². The van der Waals surface area contributed by atoms with Crippen molar-refractivity contribution in [2.75, 3.05) is 17.0 Å². The normalized spacial score (nSPS) is 23.1. The van der Waals surface area contributed by atoms with Gasteiger partial charge in [-0.05, 0) is 31.9 Å². The first-order valence-electron chi connectivity index (χ1n) is 6.38. The van der Waals surface area contributed by atoms with Gasteiger partial charge in [0.15, 0.2) is 0 Å². The molecule has 0 saturated heterocycles. The molecule has 0 aliphatic heterocycles. The zero-order chi connectivity index (χ0) is 13.0. The number of nitrogen functional groups attached to an aromatic ring is 1. The molecule has 0 radical (unpaired) electrons. The lowest BCUT2D eigenvalue weighted by molar-refractivity contribution is 0.748. The summed E-state index contributed by atoms with van der Waals surface area (Å²) in [5, 5.41) is 4.32. The zero-order valence-electron chi connectivity index (χ0n) is 10.9. The standard InChI is InChI=1S/C12H21N5S/c1-3-10-11(14-7-15-12(10)17-13)16-8-4-5-9(6-8)18-2/h7-9H,3-6,13H2,1-2H3,(H2,14,15,16,17). The maximum atomic E-state index is 5.48. The smallest absolute Gasteiger partial charge is 0.148 e. The molecule has 2 atom stereocenters. The Labute approximate surface area is 112 Å². The quantitative estimate of drug-likeness (QED) is 0.560. The van der Waals surface area contributed by atoms with Gasteiger partial charge in [0.25, 0.3) is 0 Å². The highest BCUT2D eigenvalue weighted by Crippen LogP contribution is 2.31. The SMILES string of the molecule is CCc1c(NN)ncnc1NC1CCC(SC)C1. The molecule has 1 aromatic rings. The fourth-order valence-electron chi connectivity index (χ4n) is 2.47. The van der Waals surface area contributed by atoms with Crippen LogP contribution in [0.2, 0.25) is 0 Å². The molecular formula is C12H21N5S. The van der Waals surface area contributed by atoms with Gasteiger partial charge in [-0.3, -0.25) is 0 Å². The van der Waals surface area contributed by atoms with E-state index in [0.717, 1.165) is 28.9 Å². The lowest BCUT2D eigenvalue weighted by Crippen LogP contribution is -2.20. The van der Waals surface area contributed by atoms with Crippen LogP contribution in [0.1, 0.15) is 31.7 Å². The van der Waals surface area contributed by atoms with Crippen LogP contribution >= 0.6 is 11.8 Å². The number of aromatic nitrogens is 2. The number of nitrogens with one attached hydrogen (secondary N) is 2. The fourth-order valence-corrected chi connectivity index (χ4v) is 3.27. The van der Waals surface area contributed by atoms with Gasteiger partial charge in [0.2, 0.25) is 0 Å². The Hall–Kier alpha value is -1.01. The van der Waals surface area contributed by atoms with Crippen molar-refractivity contribution in [2.45, 2.75) is 43.9 Å². The molecule has 0 aromatic carbocycles. The number of nitrogens with zero attached hydrogens (tertiary/aromatic N) is 2. The van der Waals surface area contributed by atoms with Gasteiger partial charge in [-0.2, -0.15) is 11.8 Å². The van der Waals surface area contributed by atoms with E-state index in [-0.39, 0.29) is 0 Å². The number of hydrogen-bond donors (Lipinski definition) is 3. The second-order valence-corrected chi connectivity index (χ2v) is 5.70. The molecule has 1 heterocycles. The maximum absolute atomic E-state index is 5.48. The van der Waals surface area contributed by atoms with Crippen molar-refractivity contribution in [3.8, 4) is 0 Å². The van der Waals surface area contributed by atoms with Gasteiger partial charge in [-0.15, -0.1) is 0 Å². The van der Waals surface area contributed by atoms with Crippen LogP contribution in [0.3, 0.4) is 0 Å². The van der Waals surface area contributed by atoms with E-state index in [2.05, 4.69) is 33.9 Å². The monoisotopic (exact) mass is 267 g/mol. The number of rotatable bonds is 5. The third kappa shape index (κ3) is 2.87. The number of nitrogens with two attached hydrogens (primary N) is 1. The predicted molar refractivity (Wildman–Crippen MR) is 77.8 cm³/mol. The minimum atomic E-state index is 0.522. The molecule has 0 amide bonds. The van der Waals surface area contributed by atoms with E-state index in [4.69, 9.17) is 5.84 Å². The van der Waals surface area contributed by atoms with E-state index in [1.165, 1.54) is 19.3 Å². The Morgan fingerprint density at radius 1 is 1.39 bits per heavy atom. The van der Waals surface area contributed by atoms with Crippen LogP contribution in [-0.2, 0) is 6.42 Å². The average Bonchev–Trinajstić information content (AvgIpc) is 2.86. The number of hydrazine groups is 1. The summed E-state index contributed by atoms with van der Waals surface area (Å²) in [7, 11) is 0. The van der Waals surface area contributed by atoms with Crippen LogP contribution in [0, 0.1) is 0 Å². The van der Waals surface area contributed by atoms with Gasteiger partial charge in [0.05, 0.1) is 0 Å². The summed E-state index contributed by atoms with van der Waals surface area (Å²) in [6, 6.07) is 0.522. The molecule has 1 aromatic heterocycles. The van der Waals surface area contributed by atoms with Crippen molar-refractivity contribution < 1.29 is 0 Å². The largest absolute Gasteiger partial charge is 0.367 e. The molecule has 1 aliphatic carbocycles. The molecule has 0 bridgehead atoms. The lowest BCUT2D eigenvalue weighted by atomic mass is 10.2. The Morgan fingerprint density at radius 3 is 2.78 bits per heavy atom. The Kier molecular flexibility index (Phi) is 4.66. The van der Waals surface area contributed by atoms with Crippen LogP contribution in [0.25, 0.3) is 0 Å². The summed E-state index contributed by atoms with van der Waals surface area (Å²) in [4.78, 5) is 8.49. The molecule has 2 rings (SSSR count). The van der Waals surface area contributed by atoms with E-state index in [1.54, 1.807) is 6.33 Å². The fraction of sp³-hybridized carbons (Fsp3) is 0.667. The van der Waals surface area contributed by atoms with Gasteiger partial charge in [-0.25, -0.2) is 15.8 Å². The van der Waals surface area contributed by atoms with Gasteiger partial charge >= 0.3 is 0 Å². The van der Waals surface area contributed by atoms with Crippen LogP contribution in [0.5, 0.6) is 0 Å². The summed E-state index contributed by atoms with van der Waals surface area (Å²) in [5.41, 5.74) is 3.70. The molecule has 4 N–H and O–H groups in total. The van der Waals surface area contributed by atoms with Crippen LogP contribution in [0.15, 0.2) is 6.33 Å². The van der Waals surface area contributed by atoms with E-state index >= 15 is 0 Å². The Balaban J connectivity index is 2.09. The second-order valence-electron chi connectivity index (χ2n) is 4.56. The molecule has 5 nitrogen and oxygen atoms in total. The summed E-state index contributed by atoms with van der Waals surface area (Å²) in [5.74, 6) is 7.12. The van der Waals surface area contributed by atoms with Crippen LogP contribution < -0.4 is 16.6 Å². The molecule has 0 spiro atoms. The predicted octanol–water partition coefficient (Wildman–Crippen LogP) is 2.02. The van der Waals surface area contributed by atoms with Gasteiger partial charge in [0, 0.05) is 16.9 Å². The van der Waals surface area contributed by atoms with Crippen molar-refractivity contribution in [3.05, 3.63) is 11.9 Å². The molecule has 100 valence electrons. The second kappa shape index (κ2) is 6.24. The number of anilines is 2. The van der Waals surface area contributed by atoms with E-state index in [1.807, 2.05) is 11.8 Å². The van der Waals surface area contributed by atoms with E-state index in [9.17, 15) is 0 Å². The molecule has 1 aliphatic rings. The van der Waals surface area contributed by atoms with Gasteiger partial charge in [0.1, 0.15) is 18.0 Å². The number of thioether (sulfide) groups is 1. The van der Waals surface area contributed by atoms with Crippen molar-refractivity contribution in [3.63, 3.8) is 0 Å². The minimum Gasteiger partial charge on any atom is -0.367 e. The lowest BCUT2D eigenvalue weighted by Gasteiger charge is -2.17. The Bertz CT molecular complexity index is 398. The summed E-state index contributed by atoms with van der Waals surface area (Å²) in [6.45, 7) is 2.09. The summed E-state index contributed by atoms with van der Waals surface area (Å²) >= 11 is 1.96. The van der Waals surface area contributed by atoms with Gasteiger partial charge < -0.3 is 10.7 Å². The van der Waals surface area contributed by atoms with Crippen molar-refractivity contribution in [2.24, 2.45) is 5.84 Å². The van der Waals surface area contributed by atoms with E-state index in [0.29, 0.717) is 6.04 Å². The topological polar surface area (TPSA) is 75.9 Å². The summed E-state index contributed by atoms with van der Waals surface area (Å²) < 4.78 is 0. The first-order chi connectivity index (χ1) is 8.78. The first-order valence-corrected chi connectivity index (χ1v) is 7.67. The van der Waals surface area contributed by atoms with E-state index < -0.39 is 0 Å². The highest BCUT2D eigenvalue weighted by atomic mass is 32.2. The molecule has 1 saturated carbocycles. The molecule has 6 heteroatoms. The molecule has 1 fully saturated rings. The third-order valence-corrected chi connectivity index (χ3v) is 4.59. The Morgan fingerprint density at radius 2 is 2.17 bits per heavy atom. The zero-order valence-corrected chi connectivity index (χ0v) is 11.8. The number of hydrogen-bond acceptors (Lipinski definition) is 6. The van der Waals surface area contributed by atoms with Gasteiger partial charge in [-0.1, -0.05) is 6.92 Å². The van der Waals surface area contributed by atoms with Crippen molar-refractivity contribution in [1.82, 2.24) is 9.97 Å². The van der Waals surface area contributed by atoms with Crippen molar-refractivity contribution in [1.29, 1.82) is 0 Å². The molecular weight excluding hydrogens is 246 g/mol. The molecule has 18 heavy (non-hydrogen) atoms. The van der Waals surface area contributed by atoms with Crippen molar-refractivity contribution >= 4 is 23.4 Å². The minimum absolute atomic E-state index is 0.522. The highest BCUT2D eigenvalue weighted by Gasteiger charge is 2.24. The summed E-state index contributed by atoms with van der Waals surface area (Å²) in [6.07, 6.45) is 8.31. The molecule has 2 unspecified atom stereocenters. The van der Waals surface area contributed by atoms with Crippen LogP contribution in [0.4, 0.5) is 11.6 Å². The highest BCUT2D eigenvalue weighted by molar-refractivity contribution is 7.99.